The molecule has 0 bridgehead atoms. The van der Waals surface area contributed by atoms with Crippen molar-refractivity contribution >= 4 is 22.7 Å². The molecule has 0 aliphatic heterocycles. The van der Waals surface area contributed by atoms with Crippen molar-refractivity contribution in [2.45, 2.75) is 33.9 Å². The molecule has 1 heterocycles. The van der Waals surface area contributed by atoms with E-state index in [-0.39, 0.29) is 0 Å². The number of nitrogens with zero attached hydrogens (tertiary/aromatic N) is 1. The average Bonchev–Trinajstić information content (AvgIpc) is 2.64. The highest BCUT2D eigenvalue weighted by Gasteiger charge is 2.10. The maximum atomic E-state index is 3.22. The molecular formula is C16H24N2S. The Morgan fingerprint density at radius 2 is 2.05 bits per heavy atom. The molecule has 1 aromatic carbocycles. The Labute approximate surface area is 120 Å². The quantitative estimate of drug-likeness (QED) is 0.810. The fourth-order valence-corrected chi connectivity index (χ4v) is 3.20. The molecule has 0 unspecified atom stereocenters. The predicted molar refractivity (Wildman–Crippen MR) is 87.2 cm³/mol. The Hall–Kier alpha value is -0.930. The van der Waals surface area contributed by atoms with E-state index >= 15 is 0 Å². The van der Waals surface area contributed by atoms with E-state index in [1.54, 1.807) is 0 Å². The Balaban J connectivity index is 2.38. The summed E-state index contributed by atoms with van der Waals surface area (Å²) in [6.45, 7) is 8.75. The zero-order valence-electron chi connectivity index (χ0n) is 12.4. The highest BCUT2D eigenvalue weighted by molar-refractivity contribution is 7.99. The molecule has 0 aliphatic carbocycles. The second kappa shape index (κ2) is 6.49. The van der Waals surface area contributed by atoms with Crippen LogP contribution in [0.2, 0.25) is 0 Å². The van der Waals surface area contributed by atoms with Gasteiger partial charge in [-0.3, -0.25) is 0 Å². The molecule has 0 atom stereocenters. The second-order valence-corrected chi connectivity index (χ2v) is 6.33. The highest BCUT2D eigenvalue weighted by atomic mass is 32.2. The number of aromatic nitrogens is 1. The van der Waals surface area contributed by atoms with Crippen LogP contribution in [0.4, 0.5) is 0 Å². The SMILES string of the molecule is CCSCCn1c(C)c(C)c2cc(CNC)ccc21. The number of hydrogen-bond donors (Lipinski definition) is 1. The minimum Gasteiger partial charge on any atom is -0.344 e. The van der Waals surface area contributed by atoms with Gasteiger partial charge in [0.25, 0.3) is 0 Å². The lowest BCUT2D eigenvalue weighted by Gasteiger charge is -2.08. The fourth-order valence-electron chi connectivity index (χ4n) is 2.60. The van der Waals surface area contributed by atoms with Gasteiger partial charge >= 0.3 is 0 Å². The van der Waals surface area contributed by atoms with Crippen molar-refractivity contribution < 1.29 is 0 Å². The van der Waals surface area contributed by atoms with E-state index in [2.05, 4.69) is 48.9 Å². The van der Waals surface area contributed by atoms with Crippen molar-refractivity contribution in [3.05, 3.63) is 35.0 Å². The van der Waals surface area contributed by atoms with Gasteiger partial charge in [0, 0.05) is 35.4 Å². The average molecular weight is 276 g/mol. The molecule has 0 amide bonds. The predicted octanol–water partition coefficient (Wildman–Crippen LogP) is 3.73. The van der Waals surface area contributed by atoms with Crippen LogP contribution < -0.4 is 5.32 Å². The summed E-state index contributed by atoms with van der Waals surface area (Å²) in [5.41, 5.74) is 5.58. The molecule has 104 valence electrons. The van der Waals surface area contributed by atoms with Gasteiger partial charge in [-0.25, -0.2) is 0 Å². The van der Waals surface area contributed by atoms with Gasteiger partial charge in [-0.2, -0.15) is 11.8 Å². The molecule has 0 aliphatic rings. The van der Waals surface area contributed by atoms with Crippen LogP contribution in [-0.4, -0.2) is 23.1 Å². The monoisotopic (exact) mass is 276 g/mol. The van der Waals surface area contributed by atoms with Gasteiger partial charge in [-0.05, 0) is 49.9 Å². The third kappa shape index (κ3) is 2.98. The molecule has 2 aromatic rings. The van der Waals surface area contributed by atoms with Crippen molar-refractivity contribution in [1.29, 1.82) is 0 Å². The first-order chi connectivity index (χ1) is 9.19. The van der Waals surface area contributed by atoms with Gasteiger partial charge in [-0.15, -0.1) is 0 Å². The Morgan fingerprint density at radius 1 is 1.26 bits per heavy atom. The molecular weight excluding hydrogens is 252 g/mol. The first-order valence-corrected chi connectivity index (χ1v) is 8.15. The molecule has 0 radical (unpaired) electrons. The highest BCUT2D eigenvalue weighted by Crippen LogP contribution is 2.26. The summed E-state index contributed by atoms with van der Waals surface area (Å²) < 4.78 is 2.47. The molecule has 1 N–H and O–H groups in total. The molecule has 19 heavy (non-hydrogen) atoms. The zero-order chi connectivity index (χ0) is 13.8. The molecule has 1 aromatic heterocycles. The van der Waals surface area contributed by atoms with E-state index < -0.39 is 0 Å². The summed E-state index contributed by atoms with van der Waals surface area (Å²) >= 11 is 2.01. The summed E-state index contributed by atoms with van der Waals surface area (Å²) in [6.07, 6.45) is 0. The van der Waals surface area contributed by atoms with E-state index in [0.717, 1.165) is 13.1 Å². The van der Waals surface area contributed by atoms with Crippen LogP contribution in [0.3, 0.4) is 0 Å². The van der Waals surface area contributed by atoms with E-state index in [1.165, 1.54) is 39.2 Å². The zero-order valence-corrected chi connectivity index (χ0v) is 13.2. The van der Waals surface area contributed by atoms with Crippen molar-refractivity contribution in [1.82, 2.24) is 9.88 Å². The standard InChI is InChI=1S/C16H24N2S/c1-5-19-9-8-18-13(3)12(2)15-10-14(11-17-4)6-7-16(15)18/h6-7,10,17H,5,8-9,11H2,1-4H3. The topological polar surface area (TPSA) is 17.0 Å². The van der Waals surface area contributed by atoms with Crippen molar-refractivity contribution in [2.75, 3.05) is 18.6 Å². The molecule has 3 heteroatoms. The number of hydrogen-bond acceptors (Lipinski definition) is 2. The number of nitrogens with one attached hydrogen (secondary N) is 1. The molecule has 0 saturated carbocycles. The second-order valence-electron chi connectivity index (χ2n) is 4.94. The van der Waals surface area contributed by atoms with Crippen LogP contribution in [0.5, 0.6) is 0 Å². The van der Waals surface area contributed by atoms with E-state index in [4.69, 9.17) is 0 Å². The van der Waals surface area contributed by atoms with Crippen LogP contribution in [0.1, 0.15) is 23.7 Å². The minimum absolute atomic E-state index is 0.936. The maximum Gasteiger partial charge on any atom is 0.0485 e. The molecule has 2 rings (SSSR count). The van der Waals surface area contributed by atoms with Crippen LogP contribution in [0.25, 0.3) is 10.9 Å². The summed E-state index contributed by atoms with van der Waals surface area (Å²) in [6, 6.07) is 6.84. The first-order valence-electron chi connectivity index (χ1n) is 6.99. The van der Waals surface area contributed by atoms with Crippen LogP contribution in [0, 0.1) is 13.8 Å². The smallest absolute Gasteiger partial charge is 0.0485 e. The normalized spacial score (nSPS) is 11.4. The van der Waals surface area contributed by atoms with Gasteiger partial charge in [0.1, 0.15) is 0 Å². The molecule has 0 fully saturated rings. The largest absolute Gasteiger partial charge is 0.344 e. The number of fused-ring (bicyclic) bond motifs is 1. The molecule has 0 spiro atoms. The third-order valence-electron chi connectivity index (χ3n) is 3.75. The third-order valence-corrected chi connectivity index (χ3v) is 4.63. The van der Waals surface area contributed by atoms with Crippen LogP contribution in [0.15, 0.2) is 18.2 Å². The molecule has 0 saturated heterocycles. The van der Waals surface area contributed by atoms with E-state index in [1.807, 2.05) is 18.8 Å². The minimum atomic E-state index is 0.936. The maximum absolute atomic E-state index is 3.22. The number of aryl methyl sites for hydroxylation is 2. The van der Waals surface area contributed by atoms with E-state index in [9.17, 15) is 0 Å². The Bertz CT molecular complexity index is 557. The summed E-state index contributed by atoms with van der Waals surface area (Å²) in [5.74, 6) is 2.39. The van der Waals surface area contributed by atoms with Gasteiger partial charge in [0.15, 0.2) is 0 Å². The lowest BCUT2D eigenvalue weighted by molar-refractivity contribution is 0.774. The van der Waals surface area contributed by atoms with Crippen molar-refractivity contribution in [3.8, 4) is 0 Å². The number of thioether (sulfide) groups is 1. The summed E-state index contributed by atoms with van der Waals surface area (Å²) in [4.78, 5) is 0. The Kier molecular flexibility index (Phi) is 4.94. The van der Waals surface area contributed by atoms with Crippen LogP contribution in [-0.2, 0) is 13.1 Å². The number of benzene rings is 1. The Morgan fingerprint density at radius 3 is 2.74 bits per heavy atom. The fraction of sp³-hybridized carbons (Fsp3) is 0.500. The summed E-state index contributed by atoms with van der Waals surface area (Å²) in [5, 5.41) is 4.63. The van der Waals surface area contributed by atoms with E-state index in [0.29, 0.717) is 0 Å². The van der Waals surface area contributed by atoms with Gasteiger partial charge in [0.2, 0.25) is 0 Å². The van der Waals surface area contributed by atoms with Crippen molar-refractivity contribution in [2.24, 2.45) is 0 Å². The lowest BCUT2D eigenvalue weighted by Crippen LogP contribution is -2.05. The van der Waals surface area contributed by atoms with Crippen LogP contribution >= 0.6 is 11.8 Å². The molecule has 2 nitrogen and oxygen atoms in total. The summed E-state index contributed by atoms with van der Waals surface area (Å²) in [7, 11) is 2.00. The van der Waals surface area contributed by atoms with Crippen molar-refractivity contribution in [3.63, 3.8) is 0 Å². The lowest BCUT2D eigenvalue weighted by atomic mass is 10.1. The van der Waals surface area contributed by atoms with Gasteiger partial charge in [-0.1, -0.05) is 13.0 Å². The van der Waals surface area contributed by atoms with Gasteiger partial charge < -0.3 is 9.88 Å². The number of rotatable bonds is 6. The van der Waals surface area contributed by atoms with Gasteiger partial charge in [0.05, 0.1) is 0 Å². The first kappa shape index (κ1) is 14.5.